The van der Waals surface area contributed by atoms with Gasteiger partial charge in [0.05, 0.1) is 51.1 Å². The number of hydrogen-bond acceptors (Lipinski definition) is 8. The van der Waals surface area contributed by atoms with E-state index in [1.54, 1.807) is 0 Å². The minimum atomic E-state index is -4.93. The highest BCUT2D eigenvalue weighted by molar-refractivity contribution is 7.86. The van der Waals surface area contributed by atoms with Crippen molar-refractivity contribution in [3.8, 4) is 11.1 Å². The Morgan fingerprint density at radius 1 is 0.735 bits per heavy atom. The summed E-state index contributed by atoms with van der Waals surface area (Å²) >= 11 is 0. The van der Waals surface area contributed by atoms with Gasteiger partial charge >= 0.3 is 0 Å². The minimum absolute atomic E-state index is 0.000139. The van der Waals surface area contributed by atoms with Crippen LogP contribution in [0.2, 0.25) is 0 Å². The van der Waals surface area contributed by atoms with E-state index >= 15 is 0 Å². The fourth-order valence-corrected chi connectivity index (χ4v) is 3.97. The summed E-state index contributed by atoms with van der Waals surface area (Å²) in [6.07, 6.45) is 3.82. The molecule has 0 fully saturated rings. The lowest BCUT2D eigenvalue weighted by molar-refractivity contribution is -0.851. The minimum Gasteiger partial charge on any atom is -0.744 e. The van der Waals surface area contributed by atoms with Gasteiger partial charge in [0.1, 0.15) is 20.2 Å². The van der Waals surface area contributed by atoms with E-state index in [0.717, 1.165) is 37.4 Å². The zero-order chi connectivity index (χ0) is 26.7. The Labute approximate surface area is 202 Å². The number of quaternary nitrogens is 2. The van der Waals surface area contributed by atoms with Crippen LogP contribution in [-0.4, -0.2) is 67.2 Å². The van der Waals surface area contributed by atoms with Crippen molar-refractivity contribution in [1.29, 1.82) is 0 Å². The molecule has 0 aliphatic heterocycles. The predicted octanol–water partition coefficient (Wildman–Crippen LogP) is -1.04. The Kier molecular flexibility index (Phi) is 12.7. The van der Waals surface area contributed by atoms with Gasteiger partial charge in [0.25, 0.3) is 0 Å². The van der Waals surface area contributed by atoms with Crippen molar-refractivity contribution >= 4 is 31.6 Å². The summed E-state index contributed by atoms with van der Waals surface area (Å²) in [5.41, 5.74) is 10.4. The van der Waals surface area contributed by atoms with Gasteiger partial charge in [-0.3, -0.25) is 0 Å². The molecule has 0 aromatic heterocycles. The highest BCUT2D eigenvalue weighted by Crippen LogP contribution is 2.34. The van der Waals surface area contributed by atoms with Crippen LogP contribution >= 0.6 is 0 Å². The molecule has 0 saturated carbocycles. The van der Waals surface area contributed by atoms with Crippen molar-refractivity contribution in [2.75, 3.05) is 52.7 Å². The van der Waals surface area contributed by atoms with Crippen molar-refractivity contribution in [2.45, 2.75) is 9.79 Å². The number of rotatable bonds is 7. The van der Waals surface area contributed by atoms with Crippen LogP contribution in [0.1, 0.15) is 0 Å². The average Bonchev–Trinajstić information content (AvgIpc) is 2.67. The first-order valence-electron chi connectivity index (χ1n) is 10.1. The second kappa shape index (κ2) is 13.8. The standard InChI is InChI=1S/C12H12N2O6S2.2C5H11N/c13-7-1-3-9(11(5-7)21(15,16)17)10-4-2-8(14)6-12(10)22(18,19)20;2*1-4-5-6(2)3/h1-6H,13-14H2,(H,15,16,17)(H,18,19,20);2*4H,1,5H2,2-3H3. The number of nitrogens with two attached hydrogens (primary N) is 2. The van der Waals surface area contributed by atoms with E-state index in [9.17, 15) is 25.9 Å². The molecule has 34 heavy (non-hydrogen) atoms. The molecule has 0 radical (unpaired) electrons. The molecule has 0 unspecified atom stereocenters. The van der Waals surface area contributed by atoms with Crippen LogP contribution in [0, 0.1) is 0 Å². The first-order valence-corrected chi connectivity index (χ1v) is 12.9. The van der Waals surface area contributed by atoms with Gasteiger partial charge in [0.15, 0.2) is 0 Å². The molecule has 0 amide bonds. The second-order valence-corrected chi connectivity index (χ2v) is 10.5. The van der Waals surface area contributed by atoms with Crippen molar-refractivity contribution in [3.63, 3.8) is 0 Å². The molecule has 0 atom stereocenters. The van der Waals surface area contributed by atoms with Crippen LogP contribution in [0.4, 0.5) is 11.4 Å². The Morgan fingerprint density at radius 2 is 1.03 bits per heavy atom. The van der Waals surface area contributed by atoms with E-state index < -0.39 is 30.0 Å². The SMILES string of the molecule is C=CC[NH+](C)C.C=CC[NH+](C)C.Nc1ccc(-c2ccc(N)cc2S(=O)(=O)[O-])c(S(=O)(=O)[O-])c1. The number of nitrogen functional groups attached to an aromatic ring is 2. The number of likely N-dealkylation sites (N-methyl/N-ethyl adjacent to an activating group) is 2. The second-order valence-electron chi connectivity index (χ2n) is 7.82. The van der Waals surface area contributed by atoms with Gasteiger partial charge in [-0.2, -0.15) is 0 Å². The van der Waals surface area contributed by atoms with Crippen LogP contribution in [-0.2, 0) is 20.2 Å². The van der Waals surface area contributed by atoms with Crippen molar-refractivity contribution in [2.24, 2.45) is 0 Å². The average molecular weight is 515 g/mol. The third-order valence-corrected chi connectivity index (χ3v) is 5.70. The van der Waals surface area contributed by atoms with Gasteiger partial charge in [-0.05, 0) is 36.4 Å². The highest BCUT2D eigenvalue weighted by atomic mass is 32.2. The molecular weight excluding hydrogens is 480 g/mol. The van der Waals surface area contributed by atoms with Gasteiger partial charge in [-0.15, -0.1) is 0 Å². The number of nitrogens with one attached hydrogen (secondary N) is 2. The van der Waals surface area contributed by atoms with E-state index in [1.165, 1.54) is 21.9 Å². The summed E-state index contributed by atoms with van der Waals surface area (Å²) < 4.78 is 68.1. The van der Waals surface area contributed by atoms with Crippen LogP contribution in [0.25, 0.3) is 11.1 Å². The summed E-state index contributed by atoms with van der Waals surface area (Å²) in [7, 11) is -1.47. The maximum absolute atomic E-state index is 11.3. The first-order chi connectivity index (χ1) is 15.5. The predicted molar refractivity (Wildman–Crippen MR) is 132 cm³/mol. The normalized spacial score (nSPS) is 11.2. The molecule has 0 aliphatic carbocycles. The third-order valence-electron chi connectivity index (χ3n) is 3.95. The van der Waals surface area contributed by atoms with E-state index in [2.05, 4.69) is 41.3 Å². The molecule has 0 heterocycles. The van der Waals surface area contributed by atoms with Crippen LogP contribution in [0.15, 0.2) is 71.5 Å². The Hall–Kier alpha value is -2.74. The largest absolute Gasteiger partial charge is 0.744 e. The zero-order valence-corrected chi connectivity index (χ0v) is 21.5. The van der Waals surface area contributed by atoms with Crippen LogP contribution in [0.3, 0.4) is 0 Å². The fraction of sp³-hybridized carbons (Fsp3) is 0.273. The third kappa shape index (κ3) is 11.4. The van der Waals surface area contributed by atoms with Gasteiger partial charge in [-0.1, -0.05) is 25.3 Å². The van der Waals surface area contributed by atoms with Crippen molar-refractivity contribution in [3.05, 3.63) is 61.7 Å². The molecule has 12 heteroatoms. The van der Waals surface area contributed by atoms with Crippen molar-refractivity contribution in [1.82, 2.24) is 0 Å². The summed E-state index contributed by atoms with van der Waals surface area (Å²) in [5.74, 6) is 0. The first kappa shape index (κ1) is 31.3. The summed E-state index contributed by atoms with van der Waals surface area (Å²) in [6.45, 7) is 9.27. The molecule has 2 aromatic carbocycles. The monoisotopic (exact) mass is 514 g/mol. The Morgan fingerprint density at radius 3 is 1.21 bits per heavy atom. The molecule has 190 valence electrons. The summed E-state index contributed by atoms with van der Waals surface area (Å²) in [6, 6.07) is 6.66. The zero-order valence-electron chi connectivity index (χ0n) is 19.9. The molecule has 0 bridgehead atoms. The number of benzene rings is 2. The molecule has 6 N–H and O–H groups in total. The van der Waals surface area contributed by atoms with E-state index in [0.29, 0.717) is 0 Å². The van der Waals surface area contributed by atoms with Crippen LogP contribution in [0.5, 0.6) is 0 Å². The lowest BCUT2D eigenvalue weighted by Crippen LogP contribution is -3.05. The molecule has 2 rings (SSSR count). The Balaban J connectivity index is 0.000000750. The van der Waals surface area contributed by atoms with Gasteiger partial charge in [-0.25, -0.2) is 16.8 Å². The lowest BCUT2D eigenvalue weighted by atomic mass is 10.0. The maximum atomic E-state index is 11.3. The molecule has 0 aliphatic rings. The molecule has 2 aromatic rings. The van der Waals surface area contributed by atoms with E-state index in [-0.39, 0.29) is 22.5 Å². The topological polar surface area (TPSA) is 175 Å². The quantitative estimate of drug-likeness (QED) is 0.206. The molecule has 0 saturated heterocycles. The number of hydrogen-bond donors (Lipinski definition) is 4. The summed E-state index contributed by atoms with van der Waals surface area (Å²) in [4.78, 5) is 1.40. The van der Waals surface area contributed by atoms with E-state index in [4.69, 9.17) is 11.5 Å². The molecular formula is C22H34N4O6S2. The number of anilines is 2. The Bertz CT molecular complexity index is 1080. The summed E-state index contributed by atoms with van der Waals surface area (Å²) in [5, 5.41) is 0. The van der Waals surface area contributed by atoms with Crippen LogP contribution < -0.4 is 21.3 Å². The van der Waals surface area contributed by atoms with Gasteiger partial charge in [0.2, 0.25) is 0 Å². The maximum Gasteiger partial charge on any atom is 0.125 e. The fourth-order valence-electron chi connectivity index (χ4n) is 2.51. The highest BCUT2D eigenvalue weighted by Gasteiger charge is 2.17. The van der Waals surface area contributed by atoms with Gasteiger partial charge in [0, 0.05) is 22.5 Å². The molecule has 0 spiro atoms. The van der Waals surface area contributed by atoms with E-state index in [1.807, 2.05) is 12.2 Å². The molecule has 10 nitrogen and oxygen atoms in total. The smallest absolute Gasteiger partial charge is 0.125 e. The van der Waals surface area contributed by atoms with Gasteiger partial charge < -0.3 is 30.4 Å². The lowest BCUT2D eigenvalue weighted by Gasteiger charge is -2.18. The van der Waals surface area contributed by atoms with Crippen molar-refractivity contribution < 1.29 is 35.7 Å².